The van der Waals surface area contributed by atoms with Crippen LogP contribution >= 0.6 is 11.8 Å². The largest absolute Gasteiger partial charge is 0.311 e. The summed E-state index contributed by atoms with van der Waals surface area (Å²) >= 11 is 1.40. The van der Waals surface area contributed by atoms with Gasteiger partial charge in [-0.25, -0.2) is 4.98 Å². The summed E-state index contributed by atoms with van der Waals surface area (Å²) in [5.74, 6) is 0.282. The summed E-state index contributed by atoms with van der Waals surface area (Å²) in [4.78, 5) is 18.2. The van der Waals surface area contributed by atoms with Gasteiger partial charge < -0.3 is 4.90 Å². The molecule has 0 fully saturated rings. The molecule has 2 rings (SSSR count). The van der Waals surface area contributed by atoms with Crippen LogP contribution in [-0.4, -0.2) is 23.2 Å². The third-order valence-electron chi connectivity index (χ3n) is 2.80. The smallest absolute Gasteiger partial charge is 0.237 e. The van der Waals surface area contributed by atoms with Crippen LogP contribution in [0, 0.1) is 11.3 Å². The van der Waals surface area contributed by atoms with Gasteiger partial charge in [-0.1, -0.05) is 36.0 Å². The molecule has 0 N–H and O–H groups in total. The van der Waals surface area contributed by atoms with Crippen LogP contribution in [0.3, 0.4) is 0 Å². The predicted octanol–water partition coefficient (Wildman–Crippen LogP) is 3.12. The zero-order chi connectivity index (χ0) is 14.9. The minimum Gasteiger partial charge on any atom is -0.311 e. The standard InChI is InChI=1S/C16H15N3OS/c17-10-6-12-19(14-7-2-1-3-8-14)16(20)13-21-15-9-4-5-11-18-15/h1-5,7-9,11H,6,12-13H2. The lowest BCUT2D eigenvalue weighted by Crippen LogP contribution is -2.33. The molecule has 106 valence electrons. The molecule has 21 heavy (non-hydrogen) atoms. The molecular formula is C16H15N3OS. The molecule has 1 amide bonds. The number of hydrogen-bond acceptors (Lipinski definition) is 4. The molecule has 0 spiro atoms. The molecule has 0 radical (unpaired) electrons. The van der Waals surface area contributed by atoms with Crippen LogP contribution in [0.25, 0.3) is 0 Å². The van der Waals surface area contributed by atoms with Gasteiger partial charge in [0.1, 0.15) is 0 Å². The number of pyridine rings is 1. The molecule has 0 saturated carbocycles. The van der Waals surface area contributed by atoms with Crippen molar-refractivity contribution < 1.29 is 4.79 Å². The molecule has 2 aromatic rings. The minimum absolute atomic E-state index is 0.0212. The molecule has 0 aliphatic carbocycles. The van der Waals surface area contributed by atoms with Crippen LogP contribution in [-0.2, 0) is 4.79 Å². The first-order valence-electron chi connectivity index (χ1n) is 6.57. The topological polar surface area (TPSA) is 57.0 Å². The maximum absolute atomic E-state index is 12.4. The third-order valence-corrected chi connectivity index (χ3v) is 3.73. The lowest BCUT2D eigenvalue weighted by molar-refractivity contribution is -0.116. The number of benzene rings is 1. The predicted molar refractivity (Wildman–Crippen MR) is 84.0 cm³/mol. The van der Waals surface area contributed by atoms with Gasteiger partial charge in [-0.15, -0.1) is 0 Å². The lowest BCUT2D eigenvalue weighted by atomic mass is 10.2. The van der Waals surface area contributed by atoms with E-state index in [0.29, 0.717) is 18.7 Å². The van der Waals surface area contributed by atoms with Gasteiger partial charge in [-0.05, 0) is 24.3 Å². The average molecular weight is 297 g/mol. The van der Waals surface area contributed by atoms with Gasteiger partial charge in [0.15, 0.2) is 0 Å². The molecule has 1 aromatic carbocycles. The van der Waals surface area contributed by atoms with Crippen molar-refractivity contribution >= 4 is 23.4 Å². The van der Waals surface area contributed by atoms with Gasteiger partial charge in [-0.2, -0.15) is 5.26 Å². The van der Waals surface area contributed by atoms with E-state index in [1.165, 1.54) is 11.8 Å². The maximum atomic E-state index is 12.4. The first kappa shape index (κ1) is 15.1. The number of anilines is 1. The number of para-hydroxylation sites is 1. The van der Waals surface area contributed by atoms with E-state index in [1.54, 1.807) is 11.1 Å². The van der Waals surface area contributed by atoms with Crippen LogP contribution < -0.4 is 4.90 Å². The summed E-state index contributed by atoms with van der Waals surface area (Å²) in [6, 6.07) is 17.1. The number of nitriles is 1. The first-order chi connectivity index (χ1) is 10.3. The Kier molecular flexibility index (Phi) is 5.80. The quantitative estimate of drug-likeness (QED) is 0.769. The molecule has 5 heteroatoms. The molecule has 0 aliphatic rings. The molecular weight excluding hydrogens is 282 g/mol. The zero-order valence-corrected chi connectivity index (χ0v) is 12.3. The molecule has 1 aromatic heterocycles. The molecule has 1 heterocycles. The second kappa shape index (κ2) is 8.08. The summed E-state index contributed by atoms with van der Waals surface area (Å²) in [6.45, 7) is 0.405. The Morgan fingerprint density at radius 3 is 2.62 bits per heavy atom. The summed E-state index contributed by atoms with van der Waals surface area (Å²) in [6.07, 6.45) is 2.02. The van der Waals surface area contributed by atoms with Crippen LogP contribution in [0.5, 0.6) is 0 Å². The van der Waals surface area contributed by atoms with E-state index >= 15 is 0 Å². The van der Waals surface area contributed by atoms with E-state index in [2.05, 4.69) is 11.1 Å². The van der Waals surface area contributed by atoms with Gasteiger partial charge in [0.05, 0.1) is 23.3 Å². The summed E-state index contributed by atoms with van der Waals surface area (Å²) in [5, 5.41) is 9.57. The van der Waals surface area contributed by atoms with Gasteiger partial charge in [0, 0.05) is 18.4 Å². The van der Waals surface area contributed by atoms with Crippen molar-refractivity contribution in [2.75, 3.05) is 17.2 Å². The first-order valence-corrected chi connectivity index (χ1v) is 7.56. The molecule has 0 saturated heterocycles. The van der Waals surface area contributed by atoms with Crippen molar-refractivity contribution in [1.82, 2.24) is 4.98 Å². The highest BCUT2D eigenvalue weighted by Gasteiger charge is 2.15. The van der Waals surface area contributed by atoms with E-state index in [-0.39, 0.29) is 5.91 Å². The van der Waals surface area contributed by atoms with Crippen molar-refractivity contribution in [3.8, 4) is 6.07 Å². The Balaban J connectivity index is 2.03. The lowest BCUT2D eigenvalue weighted by Gasteiger charge is -2.21. The number of carbonyl (C=O) groups excluding carboxylic acids is 1. The second-order valence-corrected chi connectivity index (χ2v) is 5.24. The fraction of sp³-hybridized carbons (Fsp3) is 0.188. The van der Waals surface area contributed by atoms with E-state index in [9.17, 15) is 4.79 Å². The molecule has 0 atom stereocenters. The van der Waals surface area contributed by atoms with E-state index < -0.39 is 0 Å². The zero-order valence-electron chi connectivity index (χ0n) is 11.5. The van der Waals surface area contributed by atoms with Crippen LogP contribution in [0.4, 0.5) is 5.69 Å². The van der Waals surface area contributed by atoms with Crippen LogP contribution in [0.15, 0.2) is 59.8 Å². The summed E-state index contributed by atoms with van der Waals surface area (Å²) in [5.41, 5.74) is 0.819. The van der Waals surface area contributed by atoms with Crippen LogP contribution in [0.1, 0.15) is 6.42 Å². The Labute approximate surface area is 128 Å². The normalized spacial score (nSPS) is 9.86. The summed E-state index contributed by atoms with van der Waals surface area (Å²) in [7, 11) is 0. The highest BCUT2D eigenvalue weighted by Crippen LogP contribution is 2.19. The van der Waals surface area contributed by atoms with Gasteiger partial charge in [0.25, 0.3) is 0 Å². The van der Waals surface area contributed by atoms with Gasteiger partial charge >= 0.3 is 0 Å². The number of rotatable bonds is 6. The van der Waals surface area contributed by atoms with Gasteiger partial charge in [-0.3, -0.25) is 4.79 Å². The molecule has 0 bridgehead atoms. The molecule has 0 aliphatic heterocycles. The highest BCUT2D eigenvalue weighted by molar-refractivity contribution is 7.99. The number of carbonyl (C=O) groups is 1. The fourth-order valence-electron chi connectivity index (χ4n) is 1.81. The minimum atomic E-state index is -0.0212. The van der Waals surface area contributed by atoms with E-state index in [4.69, 9.17) is 5.26 Å². The Hall–Kier alpha value is -2.32. The Morgan fingerprint density at radius 2 is 1.95 bits per heavy atom. The number of aromatic nitrogens is 1. The van der Waals surface area contributed by atoms with Crippen molar-refractivity contribution in [1.29, 1.82) is 5.26 Å². The Morgan fingerprint density at radius 1 is 1.19 bits per heavy atom. The number of thioether (sulfide) groups is 1. The van der Waals surface area contributed by atoms with E-state index in [1.807, 2.05) is 48.5 Å². The summed E-state index contributed by atoms with van der Waals surface area (Å²) < 4.78 is 0. The van der Waals surface area contributed by atoms with Crippen molar-refractivity contribution in [3.63, 3.8) is 0 Å². The third kappa shape index (κ3) is 4.62. The number of hydrogen-bond donors (Lipinski definition) is 0. The average Bonchev–Trinajstić information content (AvgIpc) is 2.55. The fourth-order valence-corrected chi connectivity index (χ4v) is 2.55. The maximum Gasteiger partial charge on any atom is 0.237 e. The van der Waals surface area contributed by atoms with Gasteiger partial charge in [0.2, 0.25) is 5.91 Å². The molecule has 4 nitrogen and oxygen atoms in total. The second-order valence-electron chi connectivity index (χ2n) is 4.25. The SMILES string of the molecule is N#CCCN(C(=O)CSc1ccccn1)c1ccccc1. The van der Waals surface area contributed by atoms with Crippen molar-refractivity contribution in [3.05, 3.63) is 54.7 Å². The van der Waals surface area contributed by atoms with E-state index in [0.717, 1.165) is 10.7 Å². The van der Waals surface area contributed by atoms with Crippen molar-refractivity contribution in [2.45, 2.75) is 11.4 Å². The number of amides is 1. The molecule has 0 unspecified atom stereocenters. The van der Waals surface area contributed by atoms with Crippen molar-refractivity contribution in [2.24, 2.45) is 0 Å². The monoisotopic (exact) mass is 297 g/mol. The highest BCUT2D eigenvalue weighted by atomic mass is 32.2. The number of nitrogens with zero attached hydrogens (tertiary/aromatic N) is 3. The Bertz CT molecular complexity index is 610. The van der Waals surface area contributed by atoms with Crippen LogP contribution in [0.2, 0.25) is 0 Å².